The highest BCUT2D eigenvalue weighted by Gasteiger charge is 2.11. The molecule has 0 amide bonds. The minimum atomic E-state index is -1.25. The highest BCUT2D eigenvalue weighted by atomic mass is 35.5. The Labute approximate surface area is 88.9 Å². The van der Waals surface area contributed by atoms with Crippen LogP contribution in [0.25, 0.3) is 10.9 Å². The lowest BCUT2D eigenvalue weighted by molar-refractivity contribution is 0.194. The summed E-state index contributed by atoms with van der Waals surface area (Å²) < 4.78 is 14.0. The van der Waals surface area contributed by atoms with Crippen LogP contribution in [-0.4, -0.2) is 21.0 Å². The van der Waals surface area contributed by atoms with Crippen LogP contribution in [0.1, 0.15) is 5.56 Å². The molecular weight excluding hydrogens is 223 g/mol. The van der Waals surface area contributed by atoms with E-state index in [9.17, 15) is 9.18 Å². The maximum Gasteiger partial charge on any atom is 0.432 e. The van der Waals surface area contributed by atoms with Crippen LogP contribution in [0.2, 0.25) is 0 Å². The molecule has 0 spiro atoms. The molecule has 0 bridgehead atoms. The Morgan fingerprint density at radius 3 is 2.93 bits per heavy atom. The second-order valence-electron chi connectivity index (χ2n) is 2.98. The largest absolute Gasteiger partial charge is 0.463 e. The zero-order valence-corrected chi connectivity index (χ0v) is 8.20. The van der Waals surface area contributed by atoms with Crippen LogP contribution in [0.4, 0.5) is 9.18 Å². The number of fused-ring (bicyclic) bond motifs is 1. The molecule has 1 heterocycles. The number of hydrogen-bond acceptors (Lipinski definition) is 2. The molecule has 1 N–H and O–H groups in total. The summed E-state index contributed by atoms with van der Waals surface area (Å²) in [5.74, 6) is -0.486. The Bertz CT molecular complexity index is 538. The number of benzene rings is 1. The molecule has 0 saturated heterocycles. The Morgan fingerprint density at radius 2 is 2.33 bits per heavy atom. The Hall–Kier alpha value is -1.62. The molecule has 0 radical (unpaired) electrons. The van der Waals surface area contributed by atoms with Crippen LogP contribution < -0.4 is 0 Å². The van der Waals surface area contributed by atoms with Gasteiger partial charge in [-0.2, -0.15) is 9.78 Å². The van der Waals surface area contributed by atoms with Crippen molar-refractivity contribution in [2.75, 3.05) is 0 Å². The second kappa shape index (κ2) is 3.51. The number of aromatic nitrogens is 2. The predicted molar refractivity (Wildman–Crippen MR) is 52.7 cm³/mol. The van der Waals surface area contributed by atoms with Crippen LogP contribution in [0, 0.1) is 5.82 Å². The third kappa shape index (κ3) is 1.55. The highest BCUT2D eigenvalue weighted by Crippen LogP contribution is 2.20. The maximum absolute atomic E-state index is 13.3. The predicted octanol–water partition coefficient (Wildman–Crippen LogP) is 2.44. The van der Waals surface area contributed by atoms with E-state index in [1.54, 1.807) is 0 Å². The van der Waals surface area contributed by atoms with Crippen molar-refractivity contribution in [2.24, 2.45) is 0 Å². The van der Waals surface area contributed by atoms with Crippen molar-refractivity contribution >= 4 is 28.6 Å². The zero-order chi connectivity index (χ0) is 11.0. The minimum Gasteiger partial charge on any atom is -0.463 e. The SMILES string of the molecule is O=C(O)n1ncc2cc(CCl)c(F)cc21. The summed E-state index contributed by atoms with van der Waals surface area (Å²) in [6, 6.07) is 2.61. The molecule has 15 heavy (non-hydrogen) atoms. The third-order valence-corrected chi connectivity index (χ3v) is 2.35. The standard InChI is InChI=1S/C9H6ClFN2O2/c10-3-5-1-6-4-12-13(9(14)15)8(6)2-7(5)11/h1-2,4H,3H2,(H,14,15). The van der Waals surface area contributed by atoms with E-state index in [1.165, 1.54) is 12.3 Å². The Morgan fingerprint density at radius 1 is 1.60 bits per heavy atom. The van der Waals surface area contributed by atoms with Gasteiger partial charge in [-0.25, -0.2) is 9.18 Å². The van der Waals surface area contributed by atoms with Gasteiger partial charge in [-0.3, -0.25) is 0 Å². The van der Waals surface area contributed by atoms with Crippen molar-refractivity contribution in [3.8, 4) is 0 Å². The second-order valence-corrected chi connectivity index (χ2v) is 3.24. The molecule has 1 aromatic heterocycles. The van der Waals surface area contributed by atoms with Crippen LogP contribution in [0.15, 0.2) is 18.3 Å². The summed E-state index contributed by atoms with van der Waals surface area (Å²) >= 11 is 5.52. The van der Waals surface area contributed by atoms with Crippen molar-refractivity contribution in [2.45, 2.75) is 5.88 Å². The monoisotopic (exact) mass is 228 g/mol. The van der Waals surface area contributed by atoms with E-state index < -0.39 is 11.9 Å². The number of alkyl halides is 1. The summed E-state index contributed by atoms with van der Waals surface area (Å²) in [7, 11) is 0. The molecule has 0 unspecified atom stereocenters. The molecular formula is C9H6ClFN2O2. The van der Waals surface area contributed by atoms with Crippen LogP contribution in [-0.2, 0) is 5.88 Å². The van der Waals surface area contributed by atoms with Crippen molar-refractivity contribution in [3.63, 3.8) is 0 Å². The highest BCUT2D eigenvalue weighted by molar-refractivity contribution is 6.17. The summed E-state index contributed by atoms with van der Waals surface area (Å²) in [5.41, 5.74) is 0.544. The Kier molecular flexibility index (Phi) is 2.32. The van der Waals surface area contributed by atoms with Crippen molar-refractivity contribution in [3.05, 3.63) is 29.7 Å². The summed E-state index contributed by atoms with van der Waals surface area (Å²) in [4.78, 5) is 10.7. The van der Waals surface area contributed by atoms with E-state index >= 15 is 0 Å². The number of carboxylic acid groups (broad SMARTS) is 1. The third-order valence-electron chi connectivity index (χ3n) is 2.06. The first-order valence-corrected chi connectivity index (χ1v) is 4.62. The first-order valence-electron chi connectivity index (χ1n) is 4.09. The van der Waals surface area contributed by atoms with Crippen LogP contribution in [0.5, 0.6) is 0 Å². The van der Waals surface area contributed by atoms with Crippen LogP contribution >= 0.6 is 11.6 Å². The number of carbonyl (C=O) groups is 1. The van der Waals surface area contributed by atoms with Crippen molar-refractivity contribution in [1.29, 1.82) is 0 Å². The molecule has 0 atom stereocenters. The lowest BCUT2D eigenvalue weighted by Gasteiger charge is -1.99. The normalized spacial score (nSPS) is 10.8. The minimum absolute atomic E-state index is 0.0417. The fourth-order valence-electron chi connectivity index (χ4n) is 1.35. The van der Waals surface area contributed by atoms with E-state index in [0.29, 0.717) is 10.9 Å². The van der Waals surface area contributed by atoms with Gasteiger partial charge in [0, 0.05) is 17.0 Å². The first kappa shape index (κ1) is 9.92. The fraction of sp³-hybridized carbons (Fsp3) is 0.111. The maximum atomic E-state index is 13.3. The van der Waals surface area contributed by atoms with Gasteiger partial charge in [0.05, 0.1) is 17.6 Å². The molecule has 1 aromatic carbocycles. The topological polar surface area (TPSA) is 55.1 Å². The smallest absolute Gasteiger partial charge is 0.432 e. The number of nitrogens with zero attached hydrogens (tertiary/aromatic N) is 2. The molecule has 0 fully saturated rings. The van der Waals surface area contributed by atoms with E-state index in [2.05, 4.69) is 5.10 Å². The molecule has 4 nitrogen and oxygen atoms in total. The summed E-state index contributed by atoms with van der Waals surface area (Å²) in [6.07, 6.45) is 0.113. The molecule has 0 aliphatic heterocycles. The quantitative estimate of drug-likeness (QED) is 0.763. The molecule has 0 saturated carbocycles. The average Bonchev–Trinajstić information content (AvgIpc) is 2.59. The zero-order valence-electron chi connectivity index (χ0n) is 7.44. The van der Waals surface area contributed by atoms with Gasteiger partial charge in [-0.05, 0) is 6.07 Å². The Balaban J connectivity index is 2.73. The fourth-order valence-corrected chi connectivity index (χ4v) is 1.56. The summed E-state index contributed by atoms with van der Waals surface area (Å²) in [6.45, 7) is 0. The molecule has 6 heteroatoms. The number of hydrogen-bond donors (Lipinski definition) is 1. The van der Waals surface area contributed by atoms with Gasteiger partial charge >= 0.3 is 6.09 Å². The van der Waals surface area contributed by atoms with Gasteiger partial charge < -0.3 is 5.11 Å². The van der Waals surface area contributed by atoms with Crippen molar-refractivity contribution in [1.82, 2.24) is 9.78 Å². The van der Waals surface area contributed by atoms with Gasteiger partial charge in [0.2, 0.25) is 0 Å². The summed E-state index contributed by atoms with van der Waals surface area (Å²) in [5, 5.41) is 12.9. The molecule has 78 valence electrons. The van der Waals surface area contributed by atoms with E-state index in [0.717, 1.165) is 10.7 Å². The van der Waals surface area contributed by atoms with Crippen molar-refractivity contribution < 1.29 is 14.3 Å². The van der Waals surface area contributed by atoms with Gasteiger partial charge in [0.1, 0.15) is 5.82 Å². The van der Waals surface area contributed by atoms with E-state index in [4.69, 9.17) is 16.7 Å². The van der Waals surface area contributed by atoms with Gasteiger partial charge in [-0.1, -0.05) is 0 Å². The van der Waals surface area contributed by atoms with Gasteiger partial charge in [0.25, 0.3) is 0 Å². The number of rotatable bonds is 1. The lowest BCUT2D eigenvalue weighted by atomic mass is 10.2. The molecule has 2 rings (SSSR count). The van der Waals surface area contributed by atoms with Gasteiger partial charge in [0.15, 0.2) is 0 Å². The molecule has 0 aliphatic carbocycles. The van der Waals surface area contributed by atoms with Gasteiger partial charge in [-0.15, -0.1) is 11.6 Å². The average molecular weight is 229 g/mol. The molecule has 0 aliphatic rings. The van der Waals surface area contributed by atoms with Crippen LogP contribution in [0.3, 0.4) is 0 Å². The lowest BCUT2D eigenvalue weighted by Crippen LogP contribution is -2.09. The first-order chi connectivity index (χ1) is 7.13. The molecule has 2 aromatic rings. The van der Waals surface area contributed by atoms with E-state index in [-0.39, 0.29) is 11.4 Å². The number of halogens is 2. The van der Waals surface area contributed by atoms with E-state index in [1.807, 2.05) is 0 Å².